The van der Waals surface area contributed by atoms with Gasteiger partial charge in [-0.15, -0.1) is 11.8 Å². The highest BCUT2D eigenvalue weighted by atomic mass is 32.2. The summed E-state index contributed by atoms with van der Waals surface area (Å²) >= 11 is 1.47. The minimum absolute atomic E-state index is 0.299. The average molecular weight is 626 g/mol. The van der Waals surface area contributed by atoms with Crippen LogP contribution in [-0.4, -0.2) is 22.7 Å². The third-order valence-electron chi connectivity index (χ3n) is 5.88. The molecule has 4 nitrogen and oxygen atoms in total. The second-order valence-electron chi connectivity index (χ2n) is 9.29. The molecule has 0 atom stereocenters. The van der Waals surface area contributed by atoms with Crippen molar-refractivity contribution in [3.8, 4) is 29.4 Å². The normalized spacial score (nSPS) is 11.2. The molecule has 0 unspecified atom stereocenters. The molecule has 0 saturated carbocycles. The number of carbonyl (C=O) groups is 1. The number of nitrogens with zero attached hydrogens (tertiary/aromatic N) is 1. The maximum absolute atomic E-state index is 12.9. The lowest BCUT2D eigenvalue weighted by Gasteiger charge is -2.09. The minimum atomic E-state index is -4.47. The highest BCUT2D eigenvalue weighted by molar-refractivity contribution is 7.98. The second kappa shape index (κ2) is 13.6. The quantitative estimate of drug-likeness (QED) is 0.134. The molecule has 0 amide bonds. The number of ether oxygens (including phenoxy) is 1. The van der Waals surface area contributed by atoms with Crippen molar-refractivity contribution in [2.24, 2.45) is 0 Å². The standard InChI is InChI=1S/C33H21F6NO3S/c1-21-16-29(14-15-30(21)43-19-31(41)42)44-20-24-17-27(12-6-22-2-8-25(9-3-22)32(34,35)36)40-28(18-24)13-7-23-4-10-26(11-5-23)33(37,38)39/h2-5,8-11,14-18H,19-20H2,1H3,(H,41,42). The van der Waals surface area contributed by atoms with Crippen LogP contribution in [-0.2, 0) is 22.9 Å². The van der Waals surface area contributed by atoms with Gasteiger partial charge in [-0.1, -0.05) is 11.8 Å². The fraction of sp³-hybridized carbons (Fsp3) is 0.152. The number of halogens is 6. The Bertz CT molecular complexity index is 1680. The predicted molar refractivity (Wildman–Crippen MR) is 153 cm³/mol. The topological polar surface area (TPSA) is 59.4 Å². The lowest BCUT2D eigenvalue weighted by molar-refractivity contribution is -0.139. The summed E-state index contributed by atoms with van der Waals surface area (Å²) in [6.07, 6.45) is -8.94. The number of aromatic nitrogens is 1. The van der Waals surface area contributed by atoms with Crippen LogP contribution in [0.2, 0.25) is 0 Å². The fourth-order valence-corrected chi connectivity index (χ4v) is 4.66. The van der Waals surface area contributed by atoms with Gasteiger partial charge in [-0.2, -0.15) is 26.3 Å². The lowest BCUT2D eigenvalue weighted by atomic mass is 10.1. The van der Waals surface area contributed by atoms with E-state index in [2.05, 4.69) is 28.7 Å². The van der Waals surface area contributed by atoms with Crippen LogP contribution in [0.1, 0.15) is 44.8 Å². The lowest BCUT2D eigenvalue weighted by Crippen LogP contribution is -2.09. The van der Waals surface area contributed by atoms with E-state index in [0.29, 0.717) is 34.0 Å². The summed E-state index contributed by atoms with van der Waals surface area (Å²) in [4.78, 5) is 16.1. The monoisotopic (exact) mass is 625 g/mol. The molecule has 0 aliphatic rings. The smallest absolute Gasteiger partial charge is 0.416 e. The van der Waals surface area contributed by atoms with Gasteiger partial charge in [-0.3, -0.25) is 0 Å². The molecule has 1 aromatic heterocycles. The summed E-state index contributed by atoms with van der Waals surface area (Å²) in [5, 5.41) is 8.83. The number of thioether (sulfide) groups is 1. The highest BCUT2D eigenvalue weighted by Gasteiger charge is 2.30. The molecule has 4 rings (SSSR count). The largest absolute Gasteiger partial charge is 0.482 e. The van der Waals surface area contributed by atoms with E-state index in [1.165, 1.54) is 36.0 Å². The van der Waals surface area contributed by atoms with Gasteiger partial charge in [0.15, 0.2) is 6.61 Å². The Morgan fingerprint density at radius 1 is 0.773 bits per heavy atom. The van der Waals surface area contributed by atoms with Gasteiger partial charge in [0.2, 0.25) is 0 Å². The number of carboxylic acid groups (broad SMARTS) is 1. The molecule has 0 saturated heterocycles. The summed E-state index contributed by atoms with van der Waals surface area (Å²) in [6.45, 7) is 1.33. The number of alkyl halides is 6. The van der Waals surface area contributed by atoms with Crippen LogP contribution in [0, 0.1) is 30.6 Å². The number of benzene rings is 3. The van der Waals surface area contributed by atoms with E-state index in [-0.39, 0.29) is 0 Å². The van der Waals surface area contributed by atoms with Crippen molar-refractivity contribution in [2.75, 3.05) is 6.61 Å². The van der Waals surface area contributed by atoms with Crippen LogP contribution in [0.4, 0.5) is 26.3 Å². The molecule has 0 fully saturated rings. The van der Waals surface area contributed by atoms with Gasteiger partial charge in [0.1, 0.15) is 17.1 Å². The van der Waals surface area contributed by atoms with Gasteiger partial charge < -0.3 is 9.84 Å². The third kappa shape index (κ3) is 9.32. The summed E-state index contributed by atoms with van der Waals surface area (Å²) in [5.41, 5.74) is 1.21. The van der Waals surface area contributed by atoms with E-state index < -0.39 is 36.1 Å². The van der Waals surface area contributed by atoms with Crippen molar-refractivity contribution in [3.05, 3.63) is 124 Å². The Hall–Kier alpha value is -4.87. The molecule has 0 bridgehead atoms. The summed E-state index contributed by atoms with van der Waals surface area (Å²) < 4.78 is 82.6. The molecule has 0 aliphatic carbocycles. The first-order valence-electron chi connectivity index (χ1n) is 12.7. The van der Waals surface area contributed by atoms with Crippen LogP contribution in [0.3, 0.4) is 0 Å². The van der Waals surface area contributed by atoms with Gasteiger partial charge >= 0.3 is 18.3 Å². The number of hydrogen-bond donors (Lipinski definition) is 1. The Labute approximate surface area is 253 Å². The highest BCUT2D eigenvalue weighted by Crippen LogP contribution is 2.31. The molecule has 0 radical (unpaired) electrons. The van der Waals surface area contributed by atoms with Crippen molar-refractivity contribution in [3.63, 3.8) is 0 Å². The summed E-state index contributed by atoms with van der Waals surface area (Å²) in [7, 11) is 0. The molecular weight excluding hydrogens is 604 g/mol. The summed E-state index contributed by atoms with van der Waals surface area (Å²) in [5.74, 6) is 11.1. The third-order valence-corrected chi connectivity index (χ3v) is 6.95. The van der Waals surface area contributed by atoms with Crippen LogP contribution in [0.5, 0.6) is 5.75 Å². The van der Waals surface area contributed by atoms with Crippen molar-refractivity contribution >= 4 is 17.7 Å². The van der Waals surface area contributed by atoms with Gasteiger partial charge in [0, 0.05) is 21.8 Å². The zero-order valence-electron chi connectivity index (χ0n) is 22.8. The number of carboxylic acids is 1. The Morgan fingerprint density at radius 3 is 1.70 bits per heavy atom. The van der Waals surface area contributed by atoms with Crippen LogP contribution in [0.15, 0.2) is 83.8 Å². The van der Waals surface area contributed by atoms with E-state index in [4.69, 9.17) is 9.84 Å². The second-order valence-corrected chi connectivity index (χ2v) is 10.3. The first kappa shape index (κ1) is 32.1. The minimum Gasteiger partial charge on any atom is -0.482 e. The van der Waals surface area contributed by atoms with E-state index in [0.717, 1.165) is 40.3 Å². The number of aryl methyl sites for hydroxylation is 1. The molecule has 224 valence electrons. The first-order valence-corrected chi connectivity index (χ1v) is 13.7. The maximum atomic E-state index is 12.9. The van der Waals surface area contributed by atoms with Crippen molar-refractivity contribution < 1.29 is 41.0 Å². The van der Waals surface area contributed by atoms with E-state index in [1.807, 2.05) is 6.07 Å². The predicted octanol–water partition coefficient (Wildman–Crippen LogP) is 7.98. The molecule has 0 spiro atoms. The Morgan fingerprint density at radius 2 is 1.27 bits per heavy atom. The van der Waals surface area contributed by atoms with Gasteiger partial charge in [0.05, 0.1) is 11.1 Å². The SMILES string of the molecule is Cc1cc(SCc2cc(C#Cc3ccc(C(F)(F)F)cc3)nc(C#Cc3ccc(C(F)(F)F)cc3)c2)ccc1OCC(=O)O. The maximum Gasteiger partial charge on any atom is 0.416 e. The van der Waals surface area contributed by atoms with E-state index in [1.54, 1.807) is 31.2 Å². The van der Waals surface area contributed by atoms with E-state index in [9.17, 15) is 31.1 Å². The van der Waals surface area contributed by atoms with Crippen LogP contribution in [0.25, 0.3) is 0 Å². The molecule has 0 aliphatic heterocycles. The number of hydrogen-bond acceptors (Lipinski definition) is 4. The summed E-state index contributed by atoms with van der Waals surface area (Å²) in [6, 6.07) is 17.5. The molecule has 1 N–H and O–H groups in total. The zero-order valence-corrected chi connectivity index (χ0v) is 23.6. The number of aliphatic carboxylic acids is 1. The Kier molecular flexibility index (Phi) is 9.92. The van der Waals surface area contributed by atoms with Crippen molar-refractivity contribution in [2.45, 2.75) is 29.9 Å². The van der Waals surface area contributed by atoms with Crippen LogP contribution >= 0.6 is 11.8 Å². The number of rotatable bonds is 6. The van der Waals surface area contributed by atoms with Crippen molar-refractivity contribution in [1.82, 2.24) is 4.98 Å². The van der Waals surface area contributed by atoms with Crippen molar-refractivity contribution in [1.29, 1.82) is 0 Å². The van der Waals surface area contributed by atoms with Crippen LogP contribution < -0.4 is 4.74 Å². The van der Waals surface area contributed by atoms with Gasteiger partial charge in [-0.05, 0) is 109 Å². The zero-order chi connectivity index (χ0) is 31.9. The fourth-order valence-electron chi connectivity index (χ4n) is 3.74. The van der Waals surface area contributed by atoms with Gasteiger partial charge in [0.25, 0.3) is 0 Å². The molecule has 1 heterocycles. The average Bonchev–Trinajstić information content (AvgIpc) is 2.97. The number of pyridine rings is 1. The van der Waals surface area contributed by atoms with E-state index >= 15 is 0 Å². The molecule has 44 heavy (non-hydrogen) atoms. The Balaban J connectivity index is 1.60. The molecule has 4 aromatic rings. The molecular formula is C33H21F6NO3S. The molecule has 11 heteroatoms. The molecule has 3 aromatic carbocycles. The first-order chi connectivity index (χ1) is 20.8. The van der Waals surface area contributed by atoms with Gasteiger partial charge in [-0.25, -0.2) is 9.78 Å².